The van der Waals surface area contributed by atoms with Crippen molar-refractivity contribution < 1.29 is 14.7 Å². The van der Waals surface area contributed by atoms with Crippen LogP contribution < -0.4 is 10.2 Å². The lowest BCUT2D eigenvalue weighted by Gasteiger charge is -2.30. The summed E-state index contributed by atoms with van der Waals surface area (Å²) in [4.78, 5) is 24.8. The van der Waals surface area contributed by atoms with Gasteiger partial charge in [0.2, 0.25) is 0 Å². The van der Waals surface area contributed by atoms with Crippen molar-refractivity contribution in [2.75, 3.05) is 11.4 Å². The number of aliphatic carboxylic acids is 1. The van der Waals surface area contributed by atoms with Gasteiger partial charge in [-0.2, -0.15) is 0 Å². The number of hydrogen-bond acceptors (Lipinski definition) is 2. The average molecular weight is 262 g/mol. The fourth-order valence-corrected chi connectivity index (χ4v) is 2.31. The van der Waals surface area contributed by atoms with Crippen molar-refractivity contribution in [3.8, 4) is 0 Å². The van der Waals surface area contributed by atoms with Gasteiger partial charge in [-0.15, -0.1) is 0 Å². The lowest BCUT2D eigenvalue weighted by atomic mass is 10.0. The first-order valence-electron chi connectivity index (χ1n) is 6.52. The van der Waals surface area contributed by atoms with E-state index in [4.69, 9.17) is 5.11 Å². The molecule has 1 unspecified atom stereocenters. The van der Waals surface area contributed by atoms with Crippen LogP contribution in [0.4, 0.5) is 10.5 Å². The number of rotatable bonds is 3. The molecule has 0 fully saturated rings. The maximum atomic E-state index is 12.2. The Morgan fingerprint density at radius 2 is 2.16 bits per heavy atom. The van der Waals surface area contributed by atoms with Gasteiger partial charge in [-0.1, -0.05) is 25.1 Å². The Balaban J connectivity index is 2.15. The van der Waals surface area contributed by atoms with E-state index < -0.39 is 12.0 Å². The Labute approximate surface area is 112 Å². The van der Waals surface area contributed by atoms with Gasteiger partial charge >= 0.3 is 12.0 Å². The zero-order valence-electron chi connectivity index (χ0n) is 10.9. The number of nitrogens with zero attached hydrogens (tertiary/aromatic N) is 1. The van der Waals surface area contributed by atoms with Gasteiger partial charge in [-0.25, -0.2) is 9.59 Å². The predicted molar refractivity (Wildman–Crippen MR) is 72.4 cm³/mol. The molecule has 1 aliphatic rings. The molecule has 0 aliphatic carbocycles. The number of benzene rings is 1. The molecule has 0 spiro atoms. The van der Waals surface area contributed by atoms with Gasteiger partial charge in [0.25, 0.3) is 0 Å². The molecular weight excluding hydrogens is 244 g/mol. The maximum absolute atomic E-state index is 12.2. The summed E-state index contributed by atoms with van der Waals surface area (Å²) in [5, 5.41) is 11.5. The van der Waals surface area contributed by atoms with Crippen molar-refractivity contribution in [2.24, 2.45) is 0 Å². The summed E-state index contributed by atoms with van der Waals surface area (Å²) >= 11 is 0. The monoisotopic (exact) mass is 262 g/mol. The van der Waals surface area contributed by atoms with Crippen molar-refractivity contribution >= 4 is 17.7 Å². The molecule has 1 atom stereocenters. The van der Waals surface area contributed by atoms with E-state index in [0.717, 1.165) is 24.1 Å². The number of carbonyl (C=O) groups is 2. The molecule has 0 bridgehead atoms. The highest BCUT2D eigenvalue weighted by atomic mass is 16.4. The van der Waals surface area contributed by atoms with Crippen LogP contribution in [0.2, 0.25) is 0 Å². The number of hydrogen-bond donors (Lipinski definition) is 2. The van der Waals surface area contributed by atoms with Gasteiger partial charge in [-0.3, -0.25) is 4.90 Å². The number of amides is 2. The van der Waals surface area contributed by atoms with E-state index in [9.17, 15) is 9.59 Å². The van der Waals surface area contributed by atoms with Crippen LogP contribution >= 0.6 is 0 Å². The molecule has 19 heavy (non-hydrogen) atoms. The van der Waals surface area contributed by atoms with Crippen molar-refractivity contribution in [1.82, 2.24) is 5.32 Å². The third kappa shape index (κ3) is 2.86. The second kappa shape index (κ2) is 5.73. The first kappa shape index (κ1) is 13.4. The van der Waals surface area contributed by atoms with Crippen molar-refractivity contribution in [2.45, 2.75) is 32.2 Å². The number of anilines is 1. The van der Waals surface area contributed by atoms with E-state index in [1.165, 1.54) is 0 Å². The summed E-state index contributed by atoms with van der Waals surface area (Å²) < 4.78 is 0. The van der Waals surface area contributed by atoms with E-state index in [-0.39, 0.29) is 6.03 Å². The van der Waals surface area contributed by atoms with Crippen LogP contribution in [-0.4, -0.2) is 29.7 Å². The zero-order valence-corrected chi connectivity index (χ0v) is 10.9. The summed E-state index contributed by atoms with van der Waals surface area (Å²) in [7, 11) is 0. The highest BCUT2D eigenvalue weighted by Crippen LogP contribution is 2.26. The molecule has 2 rings (SSSR count). The lowest BCUT2D eigenvalue weighted by Crippen LogP contribution is -2.49. The SMILES string of the molecule is CCC(NC(=O)N1CCCc2ccccc21)C(=O)O. The summed E-state index contributed by atoms with van der Waals surface area (Å²) in [5.41, 5.74) is 2.01. The first-order valence-corrected chi connectivity index (χ1v) is 6.52. The molecular formula is C14H18N2O3. The van der Waals surface area contributed by atoms with Gasteiger partial charge in [0.1, 0.15) is 6.04 Å². The minimum Gasteiger partial charge on any atom is -0.480 e. The first-order chi connectivity index (χ1) is 9.13. The Morgan fingerprint density at radius 1 is 1.42 bits per heavy atom. The Bertz CT molecular complexity index is 487. The molecule has 1 aromatic carbocycles. The molecule has 0 saturated heterocycles. The van der Waals surface area contributed by atoms with E-state index in [1.807, 2.05) is 24.3 Å². The normalized spacial score (nSPS) is 15.5. The Hall–Kier alpha value is -2.04. The van der Waals surface area contributed by atoms with Gasteiger partial charge in [0, 0.05) is 12.2 Å². The lowest BCUT2D eigenvalue weighted by molar-refractivity contribution is -0.139. The fraction of sp³-hybridized carbons (Fsp3) is 0.429. The molecule has 1 heterocycles. The number of para-hydroxylation sites is 1. The van der Waals surface area contributed by atoms with Crippen molar-refractivity contribution in [1.29, 1.82) is 0 Å². The highest BCUT2D eigenvalue weighted by molar-refractivity contribution is 5.95. The average Bonchev–Trinajstić information content (AvgIpc) is 2.43. The van der Waals surface area contributed by atoms with Crippen molar-refractivity contribution in [3.63, 3.8) is 0 Å². The van der Waals surface area contributed by atoms with E-state index in [0.29, 0.717) is 13.0 Å². The third-order valence-electron chi connectivity index (χ3n) is 3.36. The Kier molecular flexibility index (Phi) is 4.04. The summed E-state index contributed by atoms with van der Waals surface area (Å²) in [6.45, 7) is 2.36. The quantitative estimate of drug-likeness (QED) is 0.875. The van der Waals surface area contributed by atoms with Gasteiger partial charge in [0.15, 0.2) is 0 Å². The van der Waals surface area contributed by atoms with Crippen molar-refractivity contribution in [3.05, 3.63) is 29.8 Å². The van der Waals surface area contributed by atoms with E-state index in [2.05, 4.69) is 5.32 Å². The highest BCUT2D eigenvalue weighted by Gasteiger charge is 2.25. The summed E-state index contributed by atoms with van der Waals surface area (Å²) in [6.07, 6.45) is 2.22. The van der Waals surface area contributed by atoms with Crippen LogP contribution in [0, 0.1) is 0 Å². The second-order valence-electron chi connectivity index (χ2n) is 4.63. The molecule has 0 aromatic heterocycles. The van der Waals surface area contributed by atoms with Crippen LogP contribution in [0.25, 0.3) is 0 Å². The summed E-state index contributed by atoms with van der Waals surface area (Å²) in [6, 6.07) is 6.58. The molecule has 0 saturated carbocycles. The molecule has 2 amide bonds. The number of nitrogens with one attached hydrogen (secondary N) is 1. The molecule has 0 radical (unpaired) electrons. The summed E-state index contributed by atoms with van der Waals surface area (Å²) in [5.74, 6) is -0.999. The minimum absolute atomic E-state index is 0.332. The smallest absolute Gasteiger partial charge is 0.326 e. The number of fused-ring (bicyclic) bond motifs is 1. The third-order valence-corrected chi connectivity index (χ3v) is 3.36. The van der Waals surface area contributed by atoms with Crippen LogP contribution in [0.1, 0.15) is 25.3 Å². The van der Waals surface area contributed by atoms with E-state index >= 15 is 0 Å². The zero-order chi connectivity index (χ0) is 13.8. The molecule has 2 N–H and O–H groups in total. The topological polar surface area (TPSA) is 69.6 Å². The number of aryl methyl sites for hydroxylation is 1. The minimum atomic E-state index is -0.999. The van der Waals surface area contributed by atoms with Crippen LogP contribution in [-0.2, 0) is 11.2 Å². The molecule has 1 aromatic rings. The molecule has 1 aliphatic heterocycles. The number of urea groups is 1. The fourth-order valence-electron chi connectivity index (χ4n) is 2.31. The molecule has 5 nitrogen and oxygen atoms in total. The second-order valence-corrected chi connectivity index (χ2v) is 4.63. The van der Waals surface area contributed by atoms with Crippen LogP contribution in [0.3, 0.4) is 0 Å². The largest absolute Gasteiger partial charge is 0.480 e. The van der Waals surface area contributed by atoms with Crippen LogP contribution in [0.15, 0.2) is 24.3 Å². The number of carboxylic acids is 1. The predicted octanol–water partition coefficient (Wildman–Crippen LogP) is 2.01. The standard InChI is InChI=1S/C14H18N2O3/c1-2-11(13(17)18)15-14(19)16-9-5-7-10-6-3-4-8-12(10)16/h3-4,6,8,11H,2,5,7,9H2,1H3,(H,15,19)(H,17,18). The Morgan fingerprint density at radius 3 is 2.84 bits per heavy atom. The van der Waals surface area contributed by atoms with E-state index in [1.54, 1.807) is 11.8 Å². The maximum Gasteiger partial charge on any atom is 0.326 e. The van der Waals surface area contributed by atoms with Crippen LogP contribution in [0.5, 0.6) is 0 Å². The number of carboxylic acid groups (broad SMARTS) is 1. The van der Waals surface area contributed by atoms with Gasteiger partial charge in [-0.05, 0) is 30.9 Å². The molecule has 102 valence electrons. The molecule has 5 heteroatoms. The van der Waals surface area contributed by atoms with Gasteiger partial charge < -0.3 is 10.4 Å². The number of carbonyl (C=O) groups excluding carboxylic acids is 1. The van der Waals surface area contributed by atoms with Gasteiger partial charge in [0.05, 0.1) is 0 Å².